The van der Waals surface area contributed by atoms with E-state index in [9.17, 15) is 9.59 Å². The van der Waals surface area contributed by atoms with E-state index >= 15 is 0 Å². The number of esters is 1. The normalized spacial score (nSPS) is 27.2. The quantitative estimate of drug-likeness (QED) is 0.671. The van der Waals surface area contributed by atoms with Gasteiger partial charge >= 0.3 is 5.97 Å². The number of amides is 1. The van der Waals surface area contributed by atoms with Gasteiger partial charge in [-0.15, -0.1) is 0 Å². The van der Waals surface area contributed by atoms with Crippen molar-refractivity contribution in [2.45, 2.75) is 40.5 Å². The summed E-state index contributed by atoms with van der Waals surface area (Å²) in [6.45, 7) is 9.66. The van der Waals surface area contributed by atoms with E-state index in [-0.39, 0.29) is 30.3 Å². The van der Waals surface area contributed by atoms with Crippen LogP contribution in [0.1, 0.15) is 40.5 Å². The van der Waals surface area contributed by atoms with Crippen molar-refractivity contribution in [2.24, 2.45) is 29.6 Å². The molecule has 0 aromatic carbocycles. The third kappa shape index (κ3) is 4.97. The van der Waals surface area contributed by atoms with Gasteiger partial charge in [-0.1, -0.05) is 27.2 Å². The summed E-state index contributed by atoms with van der Waals surface area (Å²) < 4.78 is 4.94. The van der Waals surface area contributed by atoms with Gasteiger partial charge in [0.15, 0.2) is 0 Å². The molecule has 0 bridgehead atoms. The van der Waals surface area contributed by atoms with Crippen LogP contribution in [0.3, 0.4) is 0 Å². The second-order valence-electron chi connectivity index (χ2n) is 6.58. The highest BCUT2D eigenvalue weighted by atomic mass is 16.5. The molecule has 1 fully saturated rings. The molecule has 1 aliphatic carbocycles. The summed E-state index contributed by atoms with van der Waals surface area (Å²) in [5.74, 6) is 1.87. The summed E-state index contributed by atoms with van der Waals surface area (Å²) in [5.41, 5.74) is 0. The number of rotatable bonds is 8. The van der Waals surface area contributed by atoms with Gasteiger partial charge < -0.3 is 15.4 Å². The van der Waals surface area contributed by atoms with Crippen molar-refractivity contribution in [3.05, 3.63) is 0 Å². The average Bonchev–Trinajstić information content (AvgIpc) is 2.82. The van der Waals surface area contributed by atoms with E-state index < -0.39 is 0 Å². The van der Waals surface area contributed by atoms with Crippen molar-refractivity contribution in [1.82, 2.24) is 10.6 Å². The van der Waals surface area contributed by atoms with Gasteiger partial charge in [0.1, 0.15) is 0 Å². The van der Waals surface area contributed by atoms with Gasteiger partial charge in [0.25, 0.3) is 0 Å². The van der Waals surface area contributed by atoms with Gasteiger partial charge in [-0.3, -0.25) is 9.59 Å². The van der Waals surface area contributed by atoms with Crippen molar-refractivity contribution < 1.29 is 14.3 Å². The number of hydrogen-bond donors (Lipinski definition) is 2. The summed E-state index contributed by atoms with van der Waals surface area (Å²) in [6, 6.07) is 0. The minimum Gasteiger partial charge on any atom is -0.465 e. The van der Waals surface area contributed by atoms with Gasteiger partial charge in [-0.05, 0) is 43.6 Å². The predicted molar refractivity (Wildman–Crippen MR) is 87.3 cm³/mol. The largest absolute Gasteiger partial charge is 0.465 e. The molecule has 1 amide bonds. The molecule has 1 aliphatic rings. The first-order valence-corrected chi connectivity index (χ1v) is 8.50. The molecule has 0 heterocycles. The second kappa shape index (κ2) is 9.13. The van der Waals surface area contributed by atoms with E-state index in [0.717, 1.165) is 6.42 Å². The van der Waals surface area contributed by atoms with Crippen LogP contribution >= 0.6 is 0 Å². The number of carbonyl (C=O) groups is 2. The van der Waals surface area contributed by atoms with Crippen molar-refractivity contribution in [2.75, 3.05) is 26.7 Å². The molecule has 0 spiro atoms. The molecule has 0 aromatic rings. The Morgan fingerprint density at radius 3 is 2.45 bits per heavy atom. The fourth-order valence-corrected chi connectivity index (χ4v) is 3.68. The molecule has 1 saturated carbocycles. The summed E-state index contributed by atoms with van der Waals surface area (Å²) in [6.07, 6.45) is 2.39. The zero-order chi connectivity index (χ0) is 16.7. The summed E-state index contributed by atoms with van der Waals surface area (Å²) in [5, 5.41) is 5.94. The van der Waals surface area contributed by atoms with Crippen LogP contribution in [0.5, 0.6) is 0 Å². The fraction of sp³-hybridized carbons (Fsp3) is 0.882. The van der Waals surface area contributed by atoms with E-state index in [1.54, 1.807) is 14.0 Å². The third-order valence-corrected chi connectivity index (χ3v) is 5.34. The molecule has 5 heteroatoms. The maximum absolute atomic E-state index is 12.1. The molecule has 0 radical (unpaired) electrons. The minimum absolute atomic E-state index is 0.0579. The molecule has 0 saturated heterocycles. The van der Waals surface area contributed by atoms with Gasteiger partial charge in [-0.25, -0.2) is 0 Å². The third-order valence-electron chi connectivity index (χ3n) is 5.34. The standard InChI is InChI=1S/C17H32N2O3/c1-6-22-16(20)10-19-9-15(13(4)17(21)18-5)14-8-7-11(2)12(14)3/h11-15,19H,6-10H2,1-5H3,(H,18,21)/t11-,12-,13?,14+,15?/m1/s1. The summed E-state index contributed by atoms with van der Waals surface area (Å²) in [4.78, 5) is 23.5. The molecule has 2 unspecified atom stereocenters. The van der Waals surface area contributed by atoms with Crippen LogP contribution in [0.4, 0.5) is 0 Å². The van der Waals surface area contributed by atoms with Crippen molar-refractivity contribution >= 4 is 11.9 Å². The number of ether oxygens (including phenoxy) is 1. The van der Waals surface area contributed by atoms with Gasteiger partial charge in [0.2, 0.25) is 5.91 Å². The van der Waals surface area contributed by atoms with Crippen LogP contribution < -0.4 is 10.6 Å². The molecule has 0 aromatic heterocycles. The van der Waals surface area contributed by atoms with Crippen LogP contribution in [0.25, 0.3) is 0 Å². The Morgan fingerprint density at radius 2 is 1.95 bits per heavy atom. The maximum Gasteiger partial charge on any atom is 0.319 e. The van der Waals surface area contributed by atoms with E-state index in [1.165, 1.54) is 6.42 Å². The molecular formula is C17H32N2O3. The van der Waals surface area contributed by atoms with E-state index in [2.05, 4.69) is 24.5 Å². The number of carbonyl (C=O) groups excluding carboxylic acids is 2. The smallest absolute Gasteiger partial charge is 0.319 e. The Kier molecular flexibility index (Phi) is 7.87. The first-order valence-electron chi connectivity index (χ1n) is 8.50. The van der Waals surface area contributed by atoms with Gasteiger partial charge in [0, 0.05) is 13.0 Å². The highest BCUT2D eigenvalue weighted by molar-refractivity contribution is 5.78. The molecular weight excluding hydrogens is 280 g/mol. The van der Waals surface area contributed by atoms with Crippen molar-refractivity contribution in [1.29, 1.82) is 0 Å². The Bertz CT molecular complexity index is 373. The predicted octanol–water partition coefficient (Wildman–Crippen LogP) is 1.82. The first kappa shape index (κ1) is 18.9. The van der Waals surface area contributed by atoms with Gasteiger partial charge in [-0.2, -0.15) is 0 Å². The zero-order valence-electron chi connectivity index (χ0n) is 14.6. The van der Waals surface area contributed by atoms with Crippen LogP contribution in [0.15, 0.2) is 0 Å². The molecule has 1 rings (SSSR count). The van der Waals surface area contributed by atoms with Gasteiger partial charge in [0.05, 0.1) is 13.2 Å². The van der Waals surface area contributed by atoms with Crippen molar-refractivity contribution in [3.8, 4) is 0 Å². The number of hydrogen-bond acceptors (Lipinski definition) is 4. The Balaban J connectivity index is 2.66. The Labute approximate surface area is 134 Å². The zero-order valence-corrected chi connectivity index (χ0v) is 14.6. The number of nitrogens with one attached hydrogen (secondary N) is 2. The van der Waals surface area contributed by atoms with Crippen molar-refractivity contribution in [3.63, 3.8) is 0 Å². The summed E-state index contributed by atoms with van der Waals surface area (Å²) >= 11 is 0. The highest BCUT2D eigenvalue weighted by Crippen LogP contribution is 2.42. The molecule has 128 valence electrons. The second-order valence-corrected chi connectivity index (χ2v) is 6.58. The maximum atomic E-state index is 12.1. The SMILES string of the molecule is CCOC(=O)CNCC(C(C)C(=O)NC)[C@H]1CC[C@@H](C)[C@H]1C. The molecule has 2 N–H and O–H groups in total. The van der Waals surface area contributed by atoms with Crippen LogP contribution in [-0.4, -0.2) is 38.6 Å². The monoisotopic (exact) mass is 312 g/mol. The highest BCUT2D eigenvalue weighted by Gasteiger charge is 2.39. The van der Waals surface area contributed by atoms with E-state index in [0.29, 0.717) is 30.9 Å². The van der Waals surface area contributed by atoms with E-state index in [1.807, 2.05) is 6.92 Å². The molecule has 5 atom stereocenters. The summed E-state index contributed by atoms with van der Waals surface area (Å²) in [7, 11) is 1.68. The fourth-order valence-electron chi connectivity index (χ4n) is 3.68. The average molecular weight is 312 g/mol. The van der Waals surface area contributed by atoms with Crippen LogP contribution in [0, 0.1) is 29.6 Å². The molecule has 0 aliphatic heterocycles. The van der Waals surface area contributed by atoms with Crippen LogP contribution in [0.2, 0.25) is 0 Å². The Morgan fingerprint density at radius 1 is 1.27 bits per heavy atom. The lowest BCUT2D eigenvalue weighted by molar-refractivity contribution is -0.142. The first-order chi connectivity index (χ1) is 10.4. The van der Waals surface area contributed by atoms with E-state index in [4.69, 9.17) is 4.74 Å². The lowest BCUT2D eigenvalue weighted by atomic mass is 9.76. The minimum atomic E-state index is -0.235. The van der Waals surface area contributed by atoms with Crippen LogP contribution in [-0.2, 0) is 14.3 Å². The molecule has 22 heavy (non-hydrogen) atoms. The topological polar surface area (TPSA) is 67.4 Å². The lowest BCUT2D eigenvalue weighted by Crippen LogP contribution is -2.42. The molecule has 5 nitrogen and oxygen atoms in total. The lowest BCUT2D eigenvalue weighted by Gasteiger charge is -2.32. The Hall–Kier alpha value is -1.10.